The van der Waals surface area contributed by atoms with Crippen molar-refractivity contribution in [3.63, 3.8) is 0 Å². The molecule has 0 aliphatic carbocycles. The third-order valence-corrected chi connectivity index (χ3v) is 2.91. The summed E-state index contributed by atoms with van der Waals surface area (Å²) in [6.45, 7) is 7.02. The first-order valence-electron chi connectivity index (χ1n) is 6.59. The Morgan fingerprint density at radius 2 is 1.94 bits per heavy atom. The zero-order valence-corrected chi connectivity index (χ0v) is 11.1. The maximum Gasteiger partial charge on any atom is 0.220 e. The SMILES string of the molecule is CCCCCC(C)NC(=O)CCC(C)CN. The summed E-state index contributed by atoms with van der Waals surface area (Å²) >= 11 is 0. The summed E-state index contributed by atoms with van der Waals surface area (Å²) in [5.74, 6) is 0.616. The highest BCUT2D eigenvalue weighted by atomic mass is 16.1. The molecule has 16 heavy (non-hydrogen) atoms. The number of rotatable bonds is 9. The van der Waals surface area contributed by atoms with Gasteiger partial charge in [0.25, 0.3) is 0 Å². The van der Waals surface area contributed by atoms with Gasteiger partial charge in [-0.3, -0.25) is 4.79 Å². The van der Waals surface area contributed by atoms with Crippen LogP contribution in [0.3, 0.4) is 0 Å². The van der Waals surface area contributed by atoms with Crippen LogP contribution in [0.1, 0.15) is 59.3 Å². The van der Waals surface area contributed by atoms with Crippen molar-refractivity contribution < 1.29 is 4.79 Å². The second kappa shape index (κ2) is 9.64. The minimum atomic E-state index is 0.171. The van der Waals surface area contributed by atoms with E-state index in [9.17, 15) is 4.79 Å². The molecule has 0 fully saturated rings. The summed E-state index contributed by atoms with van der Waals surface area (Å²) in [6, 6.07) is 0.312. The highest BCUT2D eigenvalue weighted by Crippen LogP contribution is 2.05. The van der Waals surface area contributed by atoms with E-state index < -0.39 is 0 Å². The van der Waals surface area contributed by atoms with Crippen molar-refractivity contribution in [3.05, 3.63) is 0 Å². The lowest BCUT2D eigenvalue weighted by Gasteiger charge is -2.14. The van der Waals surface area contributed by atoms with Crippen LogP contribution in [0.4, 0.5) is 0 Å². The molecular weight excluding hydrogens is 200 g/mol. The summed E-state index contributed by atoms with van der Waals surface area (Å²) in [5, 5.41) is 3.04. The second-order valence-corrected chi connectivity index (χ2v) is 4.84. The molecule has 0 aromatic heterocycles. The van der Waals surface area contributed by atoms with E-state index in [2.05, 4.69) is 26.1 Å². The van der Waals surface area contributed by atoms with Crippen LogP contribution < -0.4 is 11.1 Å². The van der Waals surface area contributed by atoms with Crippen LogP contribution >= 0.6 is 0 Å². The van der Waals surface area contributed by atoms with Gasteiger partial charge >= 0.3 is 0 Å². The first kappa shape index (κ1) is 15.4. The number of nitrogens with one attached hydrogen (secondary N) is 1. The van der Waals surface area contributed by atoms with Crippen molar-refractivity contribution in [1.82, 2.24) is 5.32 Å². The average molecular weight is 228 g/mol. The third-order valence-electron chi connectivity index (χ3n) is 2.91. The molecule has 0 radical (unpaired) electrons. The van der Waals surface area contributed by atoms with Crippen LogP contribution in [0.2, 0.25) is 0 Å². The fraction of sp³-hybridized carbons (Fsp3) is 0.923. The van der Waals surface area contributed by atoms with E-state index in [0.717, 1.165) is 12.8 Å². The molecular formula is C13H28N2O. The van der Waals surface area contributed by atoms with E-state index in [1.54, 1.807) is 0 Å². The molecule has 3 nitrogen and oxygen atoms in total. The van der Waals surface area contributed by atoms with Crippen LogP contribution in [-0.4, -0.2) is 18.5 Å². The Kier molecular flexibility index (Phi) is 9.30. The van der Waals surface area contributed by atoms with Gasteiger partial charge in [-0.25, -0.2) is 0 Å². The molecule has 0 rings (SSSR count). The molecule has 0 bridgehead atoms. The van der Waals surface area contributed by atoms with Crippen LogP contribution in [0.15, 0.2) is 0 Å². The van der Waals surface area contributed by atoms with Crippen molar-refractivity contribution in [3.8, 4) is 0 Å². The van der Waals surface area contributed by atoms with Crippen molar-refractivity contribution >= 4 is 5.91 Å². The van der Waals surface area contributed by atoms with Gasteiger partial charge < -0.3 is 11.1 Å². The lowest BCUT2D eigenvalue weighted by molar-refractivity contribution is -0.122. The van der Waals surface area contributed by atoms with E-state index in [1.807, 2.05) is 0 Å². The molecule has 2 unspecified atom stereocenters. The van der Waals surface area contributed by atoms with Crippen molar-refractivity contribution in [1.29, 1.82) is 0 Å². The van der Waals surface area contributed by atoms with E-state index in [1.165, 1.54) is 19.3 Å². The molecule has 0 aromatic rings. The topological polar surface area (TPSA) is 55.1 Å². The number of hydrogen-bond acceptors (Lipinski definition) is 2. The molecule has 0 saturated carbocycles. The maximum atomic E-state index is 11.6. The zero-order chi connectivity index (χ0) is 12.4. The molecule has 0 saturated heterocycles. The molecule has 0 spiro atoms. The minimum Gasteiger partial charge on any atom is -0.354 e. The molecule has 2 atom stereocenters. The van der Waals surface area contributed by atoms with Gasteiger partial charge in [-0.1, -0.05) is 33.1 Å². The fourth-order valence-electron chi connectivity index (χ4n) is 1.62. The molecule has 0 aliphatic heterocycles. The van der Waals surface area contributed by atoms with Crippen molar-refractivity contribution in [2.24, 2.45) is 11.7 Å². The van der Waals surface area contributed by atoms with Crippen LogP contribution in [-0.2, 0) is 4.79 Å². The van der Waals surface area contributed by atoms with Gasteiger partial charge in [0.05, 0.1) is 0 Å². The van der Waals surface area contributed by atoms with Gasteiger partial charge in [-0.2, -0.15) is 0 Å². The monoisotopic (exact) mass is 228 g/mol. The summed E-state index contributed by atoms with van der Waals surface area (Å²) in [6.07, 6.45) is 6.28. The third kappa shape index (κ3) is 8.72. The number of amides is 1. The van der Waals surface area contributed by atoms with Gasteiger partial charge in [0.15, 0.2) is 0 Å². The van der Waals surface area contributed by atoms with Gasteiger partial charge in [0.2, 0.25) is 5.91 Å². The van der Waals surface area contributed by atoms with Gasteiger partial charge in [0, 0.05) is 12.5 Å². The molecule has 3 heteroatoms. The van der Waals surface area contributed by atoms with Gasteiger partial charge in [-0.05, 0) is 32.2 Å². The Bertz CT molecular complexity index is 183. The number of carbonyl (C=O) groups excluding carboxylic acids is 1. The molecule has 1 amide bonds. The molecule has 0 aliphatic rings. The number of carbonyl (C=O) groups is 1. The quantitative estimate of drug-likeness (QED) is 0.596. The smallest absolute Gasteiger partial charge is 0.220 e. The van der Waals surface area contributed by atoms with Crippen molar-refractivity contribution in [2.45, 2.75) is 65.3 Å². The largest absolute Gasteiger partial charge is 0.354 e. The Labute approximate surface area is 100 Å². The number of nitrogens with two attached hydrogens (primary N) is 1. The Hall–Kier alpha value is -0.570. The molecule has 3 N–H and O–H groups in total. The summed E-state index contributed by atoms with van der Waals surface area (Å²) in [5.41, 5.74) is 5.51. The summed E-state index contributed by atoms with van der Waals surface area (Å²) in [4.78, 5) is 11.6. The van der Waals surface area contributed by atoms with E-state index in [-0.39, 0.29) is 5.91 Å². The summed E-state index contributed by atoms with van der Waals surface area (Å²) in [7, 11) is 0. The standard InChI is InChI=1S/C13H28N2O/c1-4-5-6-7-12(3)15-13(16)9-8-11(2)10-14/h11-12H,4-10,14H2,1-3H3,(H,15,16). The predicted molar refractivity (Wildman–Crippen MR) is 69.2 cm³/mol. The fourth-order valence-corrected chi connectivity index (χ4v) is 1.62. The predicted octanol–water partition coefficient (Wildman–Crippen LogP) is 2.45. The zero-order valence-electron chi connectivity index (χ0n) is 11.1. The lowest BCUT2D eigenvalue weighted by Crippen LogP contribution is -2.32. The second-order valence-electron chi connectivity index (χ2n) is 4.84. The highest BCUT2D eigenvalue weighted by molar-refractivity contribution is 5.76. The van der Waals surface area contributed by atoms with Crippen molar-refractivity contribution in [2.75, 3.05) is 6.54 Å². The van der Waals surface area contributed by atoms with E-state index in [4.69, 9.17) is 5.73 Å². The molecule has 96 valence electrons. The average Bonchev–Trinajstić information content (AvgIpc) is 2.26. The normalized spacial score (nSPS) is 14.5. The lowest BCUT2D eigenvalue weighted by atomic mass is 10.1. The number of hydrogen-bond donors (Lipinski definition) is 2. The minimum absolute atomic E-state index is 0.171. The number of unbranched alkanes of at least 4 members (excludes halogenated alkanes) is 2. The Balaban J connectivity index is 3.54. The summed E-state index contributed by atoms with van der Waals surface area (Å²) < 4.78 is 0. The van der Waals surface area contributed by atoms with Gasteiger partial charge in [-0.15, -0.1) is 0 Å². The van der Waals surface area contributed by atoms with Crippen LogP contribution in [0.25, 0.3) is 0 Å². The van der Waals surface area contributed by atoms with E-state index >= 15 is 0 Å². The van der Waals surface area contributed by atoms with Gasteiger partial charge in [0.1, 0.15) is 0 Å². The first-order chi connectivity index (χ1) is 7.60. The van der Waals surface area contributed by atoms with E-state index in [0.29, 0.717) is 24.9 Å². The Morgan fingerprint density at radius 3 is 2.50 bits per heavy atom. The highest BCUT2D eigenvalue weighted by Gasteiger charge is 2.08. The first-order valence-corrected chi connectivity index (χ1v) is 6.59. The molecule has 0 heterocycles. The molecule has 0 aromatic carbocycles. The maximum absolute atomic E-state index is 11.6. The van der Waals surface area contributed by atoms with Crippen LogP contribution in [0, 0.1) is 5.92 Å². The Morgan fingerprint density at radius 1 is 1.25 bits per heavy atom. The van der Waals surface area contributed by atoms with Crippen LogP contribution in [0.5, 0.6) is 0 Å².